The number of hydrogen-bond acceptors (Lipinski definition) is 9. The lowest BCUT2D eigenvalue weighted by molar-refractivity contribution is -0.671. The first-order chi connectivity index (χ1) is 18.2. The highest BCUT2D eigenvalue weighted by molar-refractivity contribution is 7.12. The largest absolute Gasteiger partial charge is 0.408 e. The number of rotatable bonds is 18. The van der Waals surface area contributed by atoms with Crippen LogP contribution in [0.15, 0.2) is 70.3 Å². The summed E-state index contributed by atoms with van der Waals surface area (Å²) in [4.78, 5) is 2.19. The summed E-state index contributed by atoms with van der Waals surface area (Å²) in [6.45, 7) is 6.73. The van der Waals surface area contributed by atoms with Crippen LogP contribution in [0.1, 0.15) is 11.1 Å². The minimum atomic E-state index is 0.00531. The molecule has 1 aromatic heterocycles. The average molecular weight is 530 g/mol. The van der Waals surface area contributed by atoms with Crippen molar-refractivity contribution in [2.45, 2.75) is 13.5 Å². The van der Waals surface area contributed by atoms with Gasteiger partial charge in [0.15, 0.2) is 0 Å². The van der Waals surface area contributed by atoms with Crippen LogP contribution < -0.4 is 9.47 Å². The molecule has 2 aromatic carbocycles. The fourth-order valence-electron chi connectivity index (χ4n) is 3.60. The summed E-state index contributed by atoms with van der Waals surface area (Å²) >= 11 is 1.56. The minimum Gasteiger partial charge on any atom is -0.394 e. The predicted octanol–water partition coefficient (Wildman–Crippen LogP) is 3.65. The van der Waals surface area contributed by atoms with E-state index in [1.807, 2.05) is 48.8 Å². The highest BCUT2D eigenvalue weighted by atomic mass is 32.1. The molecule has 0 aliphatic heterocycles. The van der Waals surface area contributed by atoms with Crippen molar-refractivity contribution in [3.05, 3.63) is 71.2 Å². The SMILES string of the molecule is Cc1cc(N(CCOCCO)CCOCCOCCO)ccc1N=Nc1scc[n+]1Cc1ccccc1. The van der Waals surface area contributed by atoms with Gasteiger partial charge in [-0.3, -0.25) is 0 Å². The van der Waals surface area contributed by atoms with Gasteiger partial charge in [0.1, 0.15) is 18.4 Å². The molecule has 37 heavy (non-hydrogen) atoms. The summed E-state index contributed by atoms with van der Waals surface area (Å²) in [7, 11) is 0. The van der Waals surface area contributed by atoms with Crippen LogP contribution in [0.5, 0.6) is 0 Å². The van der Waals surface area contributed by atoms with Gasteiger partial charge in [0.2, 0.25) is 0 Å². The van der Waals surface area contributed by atoms with Crippen LogP contribution >= 0.6 is 11.3 Å². The van der Waals surface area contributed by atoms with Gasteiger partial charge in [-0.05, 0) is 52.7 Å². The zero-order valence-corrected chi connectivity index (χ0v) is 22.2. The number of anilines is 1. The maximum absolute atomic E-state index is 8.98. The van der Waals surface area contributed by atoms with E-state index in [1.165, 1.54) is 5.56 Å². The molecule has 0 saturated heterocycles. The summed E-state index contributed by atoms with van der Waals surface area (Å²) in [5, 5.41) is 29.7. The fourth-order valence-corrected chi connectivity index (χ4v) is 4.27. The van der Waals surface area contributed by atoms with Crippen LogP contribution in [0.25, 0.3) is 0 Å². The van der Waals surface area contributed by atoms with Crippen LogP contribution in [0.2, 0.25) is 0 Å². The van der Waals surface area contributed by atoms with Gasteiger partial charge in [-0.25, -0.2) is 4.57 Å². The van der Waals surface area contributed by atoms with E-state index in [1.54, 1.807) is 11.3 Å². The first kappa shape index (κ1) is 28.8. The number of aryl methyl sites for hydroxylation is 1. The van der Waals surface area contributed by atoms with Crippen LogP contribution in [-0.2, 0) is 20.8 Å². The van der Waals surface area contributed by atoms with Gasteiger partial charge in [-0.2, -0.15) is 0 Å². The molecule has 0 saturated carbocycles. The second kappa shape index (κ2) is 16.9. The summed E-state index contributed by atoms with van der Waals surface area (Å²) in [5.41, 5.74) is 4.09. The molecule has 3 aromatic rings. The monoisotopic (exact) mass is 529 g/mol. The molecule has 0 aliphatic carbocycles. The van der Waals surface area contributed by atoms with E-state index in [-0.39, 0.29) is 13.2 Å². The molecule has 2 N–H and O–H groups in total. The molecule has 0 spiro atoms. The van der Waals surface area contributed by atoms with Gasteiger partial charge < -0.3 is 29.3 Å². The van der Waals surface area contributed by atoms with Crippen molar-refractivity contribution in [2.75, 3.05) is 70.8 Å². The average Bonchev–Trinajstić information content (AvgIpc) is 3.36. The van der Waals surface area contributed by atoms with E-state index in [0.717, 1.165) is 28.6 Å². The molecule has 0 unspecified atom stereocenters. The zero-order chi connectivity index (χ0) is 26.1. The zero-order valence-electron chi connectivity index (χ0n) is 21.4. The van der Waals surface area contributed by atoms with Crippen LogP contribution in [0.3, 0.4) is 0 Å². The molecule has 0 fully saturated rings. The Hall–Kier alpha value is -2.73. The van der Waals surface area contributed by atoms with Crippen molar-refractivity contribution in [2.24, 2.45) is 10.2 Å². The lowest BCUT2D eigenvalue weighted by Gasteiger charge is -2.25. The number of thiazole rings is 1. The standard InChI is InChI=1S/C27H37N4O5S/c1-23-21-25(30(9-14-34-16-12-32)10-15-35-18-19-36-17-13-33)7-8-26(23)28-29-27-31(11-20-37-27)22-24-5-3-2-4-6-24/h2-8,11,20-21,32-33H,9-10,12-19,22H2,1H3/q+1. The van der Waals surface area contributed by atoms with Gasteiger partial charge in [0, 0.05) is 24.2 Å². The summed E-state index contributed by atoms with van der Waals surface area (Å²) < 4.78 is 18.5. The Balaban J connectivity index is 1.61. The van der Waals surface area contributed by atoms with Gasteiger partial charge in [0.05, 0.1) is 58.0 Å². The maximum Gasteiger partial charge on any atom is 0.408 e. The second-order valence-electron chi connectivity index (χ2n) is 8.24. The quantitative estimate of drug-likeness (QED) is 0.148. The molecule has 200 valence electrons. The van der Waals surface area contributed by atoms with Gasteiger partial charge in [-0.15, -0.1) is 0 Å². The Labute approximate surface area is 222 Å². The lowest BCUT2D eigenvalue weighted by atomic mass is 10.1. The van der Waals surface area contributed by atoms with E-state index in [0.29, 0.717) is 52.7 Å². The van der Waals surface area contributed by atoms with Crippen LogP contribution in [0.4, 0.5) is 16.5 Å². The van der Waals surface area contributed by atoms with E-state index >= 15 is 0 Å². The Morgan fingerprint density at radius 1 is 0.838 bits per heavy atom. The number of aromatic nitrogens is 1. The molecule has 10 heteroatoms. The molecule has 3 rings (SSSR count). The summed E-state index contributed by atoms with van der Waals surface area (Å²) in [6, 6.07) is 16.4. The number of azo groups is 1. The molecule has 0 atom stereocenters. The third-order valence-corrected chi connectivity index (χ3v) is 6.28. The predicted molar refractivity (Wildman–Crippen MR) is 144 cm³/mol. The molecule has 0 bridgehead atoms. The molecule has 0 amide bonds. The third kappa shape index (κ3) is 10.3. The molecular formula is C27H37N4O5S+. The van der Waals surface area contributed by atoms with Crippen molar-refractivity contribution < 1.29 is 29.0 Å². The van der Waals surface area contributed by atoms with Gasteiger partial charge in [0.25, 0.3) is 0 Å². The Bertz CT molecular complexity index is 1060. The second-order valence-corrected chi connectivity index (χ2v) is 9.11. The topological polar surface area (TPSA) is 100.0 Å². The number of aliphatic hydroxyl groups excluding tert-OH is 2. The number of aliphatic hydroxyl groups is 2. The fraction of sp³-hybridized carbons (Fsp3) is 0.444. The third-order valence-electron chi connectivity index (χ3n) is 5.50. The van der Waals surface area contributed by atoms with Crippen molar-refractivity contribution >= 4 is 27.8 Å². The van der Waals surface area contributed by atoms with Gasteiger partial charge in [-0.1, -0.05) is 30.3 Å². The van der Waals surface area contributed by atoms with E-state index < -0.39 is 0 Å². The Morgan fingerprint density at radius 3 is 2.19 bits per heavy atom. The first-order valence-corrected chi connectivity index (χ1v) is 13.3. The first-order valence-electron chi connectivity index (χ1n) is 12.4. The molecule has 0 radical (unpaired) electrons. The number of nitrogens with zero attached hydrogens (tertiary/aromatic N) is 4. The van der Waals surface area contributed by atoms with Gasteiger partial charge >= 0.3 is 5.13 Å². The van der Waals surface area contributed by atoms with Crippen LogP contribution in [0, 0.1) is 6.92 Å². The molecule has 1 heterocycles. The Kier molecular flexibility index (Phi) is 13.2. The normalized spacial score (nSPS) is 11.4. The Morgan fingerprint density at radius 2 is 1.51 bits per heavy atom. The van der Waals surface area contributed by atoms with E-state index in [9.17, 15) is 0 Å². The van der Waals surface area contributed by atoms with E-state index in [2.05, 4.69) is 37.9 Å². The van der Waals surface area contributed by atoms with Crippen molar-refractivity contribution in [3.8, 4) is 0 Å². The lowest BCUT2D eigenvalue weighted by Crippen LogP contribution is -2.31. The van der Waals surface area contributed by atoms with Crippen LogP contribution in [-0.4, -0.2) is 76.2 Å². The summed E-state index contributed by atoms with van der Waals surface area (Å²) in [6.07, 6.45) is 2.03. The highest BCUT2D eigenvalue weighted by Gasteiger charge is 2.14. The van der Waals surface area contributed by atoms with Crippen molar-refractivity contribution in [1.82, 2.24) is 0 Å². The maximum atomic E-state index is 8.98. The number of hydrogen-bond donors (Lipinski definition) is 2. The molecule has 9 nitrogen and oxygen atoms in total. The van der Waals surface area contributed by atoms with E-state index in [4.69, 9.17) is 24.4 Å². The highest BCUT2D eigenvalue weighted by Crippen LogP contribution is 2.27. The summed E-state index contributed by atoms with van der Waals surface area (Å²) in [5.74, 6) is 0. The number of benzene rings is 2. The molecular weight excluding hydrogens is 492 g/mol. The molecule has 0 aliphatic rings. The minimum absolute atomic E-state index is 0.00531. The van der Waals surface area contributed by atoms with Crippen molar-refractivity contribution in [1.29, 1.82) is 0 Å². The smallest absolute Gasteiger partial charge is 0.394 e. The van der Waals surface area contributed by atoms with Crippen molar-refractivity contribution in [3.63, 3.8) is 0 Å². The number of ether oxygens (including phenoxy) is 3.